The van der Waals surface area contributed by atoms with Gasteiger partial charge < -0.3 is 0 Å². The molecule has 1 fully saturated rings. The molecule has 1 spiro atoms. The number of benzene rings is 7. The SMILES string of the molecule is CCCCCCCCCC1(c2ccc(CC)s2)C23C=c4cc5cc6cc7c8c6c6c5c5c4C21c1c2c(cc4c9c%10c(cc(c%11c%10c%10c(c1c5c6c%10c8%11)c29)C7)C4)C3. The maximum atomic E-state index is 2.95. The highest BCUT2D eigenvalue weighted by atomic mass is 32.1. The Morgan fingerprint density at radius 2 is 1.07 bits per heavy atom. The van der Waals surface area contributed by atoms with E-state index in [4.69, 9.17) is 0 Å². The van der Waals surface area contributed by atoms with Crippen molar-refractivity contribution in [1.82, 2.24) is 0 Å². The average molecular weight is 731 g/mol. The van der Waals surface area contributed by atoms with E-state index in [9.17, 15) is 0 Å². The highest BCUT2D eigenvalue weighted by Crippen LogP contribution is 2.91. The molecule has 6 aliphatic rings. The van der Waals surface area contributed by atoms with Crippen molar-refractivity contribution < 1.29 is 0 Å². The molecule has 0 amide bonds. The molecular weight excluding hydrogens is 693 g/mol. The molecule has 0 nitrogen and oxygen atoms in total. The quantitative estimate of drug-likeness (QED) is 0.0971. The number of rotatable bonds is 10. The number of thiophene rings is 1. The second kappa shape index (κ2) is 7.91. The van der Waals surface area contributed by atoms with Crippen molar-refractivity contribution in [2.45, 2.75) is 102 Å². The zero-order valence-corrected chi connectivity index (χ0v) is 32.8. The van der Waals surface area contributed by atoms with E-state index in [1.54, 1.807) is 151 Å². The summed E-state index contributed by atoms with van der Waals surface area (Å²) in [5, 5.41) is 34.5. The monoisotopic (exact) mass is 730 g/mol. The van der Waals surface area contributed by atoms with Crippen molar-refractivity contribution in [2.24, 2.45) is 5.41 Å². The van der Waals surface area contributed by atoms with Crippen molar-refractivity contribution in [1.29, 1.82) is 0 Å². The largest absolute Gasteiger partial charge is 0.145 e. The van der Waals surface area contributed by atoms with Crippen molar-refractivity contribution in [3.63, 3.8) is 0 Å². The molecule has 0 aliphatic heterocycles. The third-order valence-electron chi connectivity index (χ3n) is 18.3. The molecule has 0 bridgehead atoms. The van der Waals surface area contributed by atoms with Crippen LogP contribution in [0.5, 0.6) is 0 Å². The maximum Gasteiger partial charge on any atom is 0.0444 e. The predicted octanol–water partition coefficient (Wildman–Crippen LogP) is 14.0. The first-order valence-corrected chi connectivity index (χ1v) is 23.1. The first-order valence-electron chi connectivity index (χ1n) is 22.3. The van der Waals surface area contributed by atoms with E-state index in [0.29, 0.717) is 0 Å². The van der Waals surface area contributed by atoms with E-state index in [-0.39, 0.29) is 16.2 Å². The zero-order valence-electron chi connectivity index (χ0n) is 32.0. The molecule has 3 unspecified atom stereocenters. The molecule has 1 heterocycles. The summed E-state index contributed by atoms with van der Waals surface area (Å²) in [6, 6.07) is 18.6. The molecule has 12 aromatic rings. The molecule has 1 aromatic heterocycles. The van der Waals surface area contributed by atoms with Gasteiger partial charge in [-0.05, 0) is 208 Å². The topological polar surface area (TPSA) is 0 Å². The molecule has 0 N–H and O–H groups in total. The van der Waals surface area contributed by atoms with Crippen LogP contribution < -0.4 is 5.22 Å². The first-order chi connectivity index (χ1) is 27.7. The van der Waals surface area contributed by atoms with Crippen LogP contribution in [0.3, 0.4) is 0 Å². The highest BCUT2D eigenvalue weighted by molar-refractivity contribution is 7.12. The van der Waals surface area contributed by atoms with Crippen LogP contribution in [0.15, 0.2) is 42.5 Å². The van der Waals surface area contributed by atoms with Crippen LogP contribution in [0, 0.1) is 5.41 Å². The van der Waals surface area contributed by atoms with Gasteiger partial charge in [-0.15, -0.1) is 11.3 Å². The molecular formula is C55H38S. The highest BCUT2D eigenvalue weighted by Gasteiger charge is 2.90. The fourth-order valence-electron chi connectivity index (χ4n) is 17.1. The Morgan fingerprint density at radius 1 is 0.500 bits per heavy atom. The Kier molecular flexibility index (Phi) is 3.93. The van der Waals surface area contributed by atoms with E-state index in [1.165, 1.54) is 68.6 Å². The van der Waals surface area contributed by atoms with E-state index < -0.39 is 0 Å². The van der Waals surface area contributed by atoms with Crippen LogP contribution in [0.4, 0.5) is 0 Å². The van der Waals surface area contributed by atoms with Crippen molar-refractivity contribution in [2.75, 3.05) is 0 Å². The van der Waals surface area contributed by atoms with Gasteiger partial charge in [-0.3, -0.25) is 0 Å². The summed E-state index contributed by atoms with van der Waals surface area (Å²) in [4.78, 5) is 3.28. The van der Waals surface area contributed by atoms with E-state index in [1.807, 2.05) is 0 Å². The molecule has 11 aromatic carbocycles. The van der Waals surface area contributed by atoms with Crippen LogP contribution in [-0.4, -0.2) is 0 Å². The molecule has 264 valence electrons. The minimum Gasteiger partial charge on any atom is -0.145 e. The summed E-state index contributed by atoms with van der Waals surface area (Å²) >= 11 is 2.19. The smallest absolute Gasteiger partial charge is 0.0444 e. The first kappa shape index (κ1) is 27.8. The summed E-state index contributed by atoms with van der Waals surface area (Å²) in [7, 11) is 0. The molecule has 1 heteroatoms. The van der Waals surface area contributed by atoms with Gasteiger partial charge in [0.15, 0.2) is 0 Å². The van der Waals surface area contributed by atoms with Crippen molar-refractivity contribution in [3.05, 3.63) is 96.4 Å². The van der Waals surface area contributed by atoms with Crippen LogP contribution >= 0.6 is 11.3 Å². The van der Waals surface area contributed by atoms with Crippen LogP contribution in [0.2, 0.25) is 0 Å². The fraction of sp³-hybridized carbons (Fsp3) is 0.309. The summed E-state index contributed by atoms with van der Waals surface area (Å²) < 4.78 is 0. The summed E-state index contributed by atoms with van der Waals surface area (Å²) in [6.45, 7) is 4.72. The number of aryl methyl sites for hydroxylation is 1. The predicted molar refractivity (Wildman–Crippen MR) is 239 cm³/mol. The molecule has 0 saturated heterocycles. The van der Waals surface area contributed by atoms with Gasteiger partial charge in [-0.2, -0.15) is 0 Å². The Bertz CT molecular complexity index is 3960. The minimum absolute atomic E-state index is 0.00940. The molecule has 0 radical (unpaired) electrons. The molecule has 6 aliphatic carbocycles. The van der Waals surface area contributed by atoms with Gasteiger partial charge in [0.05, 0.1) is 0 Å². The summed E-state index contributed by atoms with van der Waals surface area (Å²) in [5.74, 6) is 0. The lowest BCUT2D eigenvalue weighted by atomic mass is 9.70. The summed E-state index contributed by atoms with van der Waals surface area (Å²) in [5.41, 5.74) is 11.9. The average Bonchev–Trinajstić information content (AvgIpc) is 4.00. The van der Waals surface area contributed by atoms with E-state index in [2.05, 4.69) is 73.7 Å². The summed E-state index contributed by atoms with van der Waals surface area (Å²) in [6.07, 6.45) is 18.4. The number of hydrogen-bond acceptors (Lipinski definition) is 1. The molecule has 56 heavy (non-hydrogen) atoms. The third-order valence-corrected chi connectivity index (χ3v) is 19.7. The Labute approximate surface area is 327 Å². The molecule has 3 atom stereocenters. The minimum atomic E-state index is 0.00940. The van der Waals surface area contributed by atoms with Crippen LogP contribution in [0.1, 0.15) is 114 Å². The lowest BCUT2D eigenvalue weighted by Crippen LogP contribution is -2.30. The standard InChI is InChI=1S/C55H38S/c1-3-5-6-7-8-9-10-13-54(32-12-11-31(4-2)56-32)53-21-29-19-27-17-25-16-26-15-23-14-24-18-28-20-30(22-53)51-49-38(28)42-34(24)33(23)40-37(26)41-35(25)36(27)43-39(29)52(55(51,53)54)50-47(43)45(41)44(40)46(42)48(49)50/h11-12,14,16,18-20,22H,3-10,13,15,17,21H2,1-2H3. The number of hydrogen-bond donors (Lipinski definition) is 0. The van der Waals surface area contributed by atoms with Gasteiger partial charge >= 0.3 is 0 Å². The Morgan fingerprint density at radius 3 is 1.84 bits per heavy atom. The molecule has 18 rings (SSSR count). The van der Waals surface area contributed by atoms with E-state index >= 15 is 0 Å². The zero-order chi connectivity index (χ0) is 35.7. The van der Waals surface area contributed by atoms with Crippen LogP contribution in [0.25, 0.3) is 114 Å². The van der Waals surface area contributed by atoms with Crippen molar-refractivity contribution in [3.8, 4) is 0 Å². The normalized spacial score (nSPS) is 24.7. The lowest BCUT2D eigenvalue weighted by molar-refractivity contribution is 0.461. The van der Waals surface area contributed by atoms with E-state index in [0.717, 1.165) is 19.3 Å². The van der Waals surface area contributed by atoms with Crippen LogP contribution in [-0.2, 0) is 36.5 Å². The van der Waals surface area contributed by atoms with Gasteiger partial charge in [-0.25, -0.2) is 0 Å². The van der Waals surface area contributed by atoms with Gasteiger partial charge in [-0.1, -0.05) is 83.1 Å². The van der Waals surface area contributed by atoms with Gasteiger partial charge in [0, 0.05) is 26.0 Å². The van der Waals surface area contributed by atoms with Gasteiger partial charge in [0.2, 0.25) is 0 Å². The van der Waals surface area contributed by atoms with Gasteiger partial charge in [0.25, 0.3) is 0 Å². The number of unbranched alkanes of at least 4 members (excludes halogenated alkanes) is 6. The Balaban J connectivity index is 1.10. The third kappa shape index (κ3) is 2.19. The Hall–Kier alpha value is -4.72. The molecule has 1 saturated carbocycles. The van der Waals surface area contributed by atoms with Crippen molar-refractivity contribution >= 4 is 125 Å². The maximum absolute atomic E-state index is 2.95. The van der Waals surface area contributed by atoms with Gasteiger partial charge in [0.1, 0.15) is 0 Å². The lowest BCUT2D eigenvalue weighted by Gasteiger charge is -2.32. The second-order valence-electron chi connectivity index (χ2n) is 20.0. The second-order valence-corrected chi connectivity index (χ2v) is 21.2. The fourth-order valence-corrected chi connectivity index (χ4v) is 18.4.